The van der Waals surface area contributed by atoms with Crippen molar-refractivity contribution in [2.45, 2.75) is 51.8 Å². The lowest BCUT2D eigenvalue weighted by Crippen LogP contribution is -2.50. The summed E-state index contributed by atoms with van der Waals surface area (Å²) in [5, 5.41) is 32.6. The molecule has 2 atom stereocenters. The first-order chi connectivity index (χ1) is 14.3. The predicted molar refractivity (Wildman–Crippen MR) is 108 cm³/mol. The first-order valence-electron chi connectivity index (χ1n) is 9.44. The average Bonchev–Trinajstić information content (AvgIpc) is 2.64. The van der Waals surface area contributed by atoms with E-state index in [9.17, 15) is 29.4 Å². The van der Waals surface area contributed by atoms with Gasteiger partial charge in [0, 0.05) is 0 Å². The fraction of sp³-hybridized carbons (Fsp3) is 0.500. The smallest absolute Gasteiger partial charge is 0.408 e. The molecule has 172 valence electrons. The summed E-state index contributed by atoms with van der Waals surface area (Å²) in [6.45, 7) is 5.36. The van der Waals surface area contributed by atoms with Crippen LogP contribution in [-0.2, 0) is 20.7 Å². The van der Waals surface area contributed by atoms with Crippen molar-refractivity contribution in [3.05, 3.63) is 29.3 Å². The zero-order chi connectivity index (χ0) is 23.8. The van der Waals surface area contributed by atoms with Gasteiger partial charge in [-0.3, -0.25) is 4.79 Å². The molecule has 0 heterocycles. The number of hydrogen-bond acceptors (Lipinski definition) is 7. The lowest BCUT2D eigenvalue weighted by molar-refractivity contribution is -0.139. The van der Waals surface area contributed by atoms with Crippen molar-refractivity contribution >= 4 is 23.9 Å². The highest BCUT2D eigenvalue weighted by molar-refractivity contribution is 5.91. The maximum absolute atomic E-state index is 12.3. The van der Waals surface area contributed by atoms with Gasteiger partial charge in [0.05, 0.1) is 12.6 Å². The summed E-state index contributed by atoms with van der Waals surface area (Å²) >= 11 is 0. The third-order valence-electron chi connectivity index (χ3n) is 3.80. The van der Waals surface area contributed by atoms with Gasteiger partial charge < -0.3 is 35.4 Å². The number of aliphatic hydroxyl groups excluding tert-OH is 1. The van der Waals surface area contributed by atoms with Gasteiger partial charge in [-0.25, -0.2) is 14.4 Å². The highest BCUT2D eigenvalue weighted by Crippen LogP contribution is 2.21. The van der Waals surface area contributed by atoms with Crippen molar-refractivity contribution in [2.75, 3.05) is 13.2 Å². The van der Waals surface area contributed by atoms with Gasteiger partial charge in [-0.15, -0.1) is 0 Å². The molecule has 1 rings (SSSR count). The molecule has 31 heavy (non-hydrogen) atoms. The Hall–Kier alpha value is -3.34. The zero-order valence-corrected chi connectivity index (χ0v) is 17.8. The summed E-state index contributed by atoms with van der Waals surface area (Å²) in [5.74, 6) is -3.25. The Morgan fingerprint density at radius 3 is 2.26 bits per heavy atom. The van der Waals surface area contributed by atoms with Crippen LogP contribution in [0.4, 0.5) is 4.79 Å². The SMILES string of the molecule is C[C@H](NC(=O)OC(C)(C)C)C(=O)NC(CO)Cc1ccc(OCC(=O)O)c(C(=O)O)c1. The molecule has 0 radical (unpaired) electrons. The fourth-order valence-electron chi connectivity index (χ4n) is 2.46. The Kier molecular flexibility index (Phi) is 9.25. The standard InChI is InChI=1S/C20H28N2O9/c1-11(21-19(29)31-20(2,3)4)17(26)22-13(9-23)7-12-5-6-15(30-10-16(24)25)14(8-12)18(27)28/h5-6,8,11,13,23H,7,9-10H2,1-4H3,(H,21,29)(H,22,26)(H,24,25)(H,27,28)/t11-,13?/m0/s1. The number of amides is 2. The van der Waals surface area contributed by atoms with Crippen LogP contribution in [0.25, 0.3) is 0 Å². The fourth-order valence-corrected chi connectivity index (χ4v) is 2.46. The van der Waals surface area contributed by atoms with E-state index in [1.54, 1.807) is 20.8 Å². The molecule has 0 fully saturated rings. The van der Waals surface area contributed by atoms with Gasteiger partial charge in [0.1, 0.15) is 23.0 Å². The number of carbonyl (C=O) groups is 4. The van der Waals surface area contributed by atoms with Crippen LogP contribution in [0.5, 0.6) is 5.75 Å². The van der Waals surface area contributed by atoms with Gasteiger partial charge in [0.15, 0.2) is 6.61 Å². The maximum atomic E-state index is 12.3. The molecule has 2 amide bonds. The normalized spacial score (nSPS) is 12.9. The van der Waals surface area contributed by atoms with E-state index in [2.05, 4.69) is 10.6 Å². The molecule has 11 nitrogen and oxygen atoms in total. The minimum absolute atomic E-state index is 0.0842. The second-order valence-corrected chi connectivity index (χ2v) is 7.78. The van der Waals surface area contributed by atoms with Crippen LogP contribution in [0.2, 0.25) is 0 Å². The van der Waals surface area contributed by atoms with Crippen molar-refractivity contribution in [1.29, 1.82) is 0 Å². The molecule has 0 aliphatic heterocycles. The summed E-state index contributed by atoms with van der Waals surface area (Å²) in [6, 6.07) is 2.38. The van der Waals surface area contributed by atoms with Crippen LogP contribution in [0, 0.1) is 0 Å². The zero-order valence-electron chi connectivity index (χ0n) is 17.8. The molecule has 0 saturated carbocycles. The Morgan fingerprint density at radius 2 is 1.74 bits per heavy atom. The summed E-state index contributed by atoms with van der Waals surface area (Å²) in [6.07, 6.45) is -0.681. The maximum Gasteiger partial charge on any atom is 0.408 e. The van der Waals surface area contributed by atoms with E-state index in [1.807, 2.05) is 0 Å². The lowest BCUT2D eigenvalue weighted by atomic mass is 10.0. The molecule has 0 aliphatic carbocycles. The third kappa shape index (κ3) is 9.34. The number of carbonyl (C=O) groups excluding carboxylic acids is 2. The molecular weight excluding hydrogens is 412 g/mol. The van der Waals surface area contributed by atoms with Gasteiger partial charge in [0.25, 0.3) is 0 Å². The Bertz CT molecular complexity index is 817. The number of alkyl carbamates (subject to hydrolysis) is 1. The molecule has 11 heteroatoms. The number of nitrogens with one attached hydrogen (secondary N) is 2. The van der Waals surface area contributed by atoms with Crippen LogP contribution in [0.15, 0.2) is 18.2 Å². The van der Waals surface area contributed by atoms with Crippen molar-refractivity contribution in [3.8, 4) is 5.75 Å². The van der Waals surface area contributed by atoms with Gasteiger partial charge in [-0.1, -0.05) is 6.07 Å². The van der Waals surface area contributed by atoms with Crippen LogP contribution >= 0.6 is 0 Å². The third-order valence-corrected chi connectivity index (χ3v) is 3.80. The highest BCUT2D eigenvalue weighted by Gasteiger charge is 2.23. The van der Waals surface area contributed by atoms with Crippen molar-refractivity contribution in [1.82, 2.24) is 10.6 Å². The van der Waals surface area contributed by atoms with E-state index in [0.29, 0.717) is 5.56 Å². The minimum atomic E-state index is -1.32. The number of ether oxygens (including phenoxy) is 2. The van der Waals surface area contributed by atoms with E-state index >= 15 is 0 Å². The Morgan fingerprint density at radius 1 is 1.10 bits per heavy atom. The summed E-state index contributed by atoms with van der Waals surface area (Å²) in [7, 11) is 0. The van der Waals surface area contributed by atoms with Crippen molar-refractivity contribution < 1.29 is 44.0 Å². The predicted octanol–water partition coefficient (Wildman–Crippen LogP) is 0.781. The Labute approximate surface area is 179 Å². The highest BCUT2D eigenvalue weighted by atomic mass is 16.6. The molecule has 0 aliphatic rings. The van der Waals surface area contributed by atoms with E-state index in [-0.39, 0.29) is 17.7 Å². The van der Waals surface area contributed by atoms with Gasteiger partial charge in [-0.05, 0) is 51.8 Å². The van der Waals surface area contributed by atoms with Gasteiger partial charge in [-0.2, -0.15) is 0 Å². The molecule has 5 N–H and O–H groups in total. The second kappa shape index (κ2) is 11.2. The van der Waals surface area contributed by atoms with Crippen LogP contribution in [0.1, 0.15) is 43.6 Å². The summed E-state index contributed by atoms with van der Waals surface area (Å²) < 4.78 is 10.0. The van der Waals surface area contributed by atoms with E-state index in [4.69, 9.17) is 14.6 Å². The topological polar surface area (TPSA) is 171 Å². The molecule has 0 bridgehead atoms. The summed E-state index contributed by atoms with van der Waals surface area (Å²) in [5.41, 5.74) is -0.510. The molecule has 0 saturated heterocycles. The lowest BCUT2D eigenvalue weighted by Gasteiger charge is -2.23. The minimum Gasteiger partial charge on any atom is -0.481 e. The quantitative estimate of drug-likeness (QED) is 0.352. The van der Waals surface area contributed by atoms with Gasteiger partial charge in [0.2, 0.25) is 5.91 Å². The van der Waals surface area contributed by atoms with Crippen LogP contribution in [-0.4, -0.2) is 70.2 Å². The molecule has 0 aromatic heterocycles. The first-order valence-corrected chi connectivity index (χ1v) is 9.44. The number of rotatable bonds is 10. The van der Waals surface area contributed by atoms with Gasteiger partial charge >= 0.3 is 18.0 Å². The molecule has 1 aromatic carbocycles. The number of carboxylic acid groups (broad SMARTS) is 2. The number of carboxylic acids is 2. The average molecular weight is 440 g/mol. The number of hydrogen-bond donors (Lipinski definition) is 5. The number of aromatic carboxylic acids is 1. The van der Waals surface area contributed by atoms with E-state index < -0.39 is 54.8 Å². The molecule has 1 unspecified atom stereocenters. The van der Waals surface area contributed by atoms with Crippen molar-refractivity contribution in [2.24, 2.45) is 0 Å². The molecule has 1 aromatic rings. The van der Waals surface area contributed by atoms with Crippen LogP contribution < -0.4 is 15.4 Å². The Balaban J connectivity index is 2.80. The van der Waals surface area contributed by atoms with E-state index in [0.717, 1.165) is 0 Å². The monoisotopic (exact) mass is 440 g/mol. The van der Waals surface area contributed by atoms with Crippen molar-refractivity contribution in [3.63, 3.8) is 0 Å². The molecular formula is C20H28N2O9. The number of aliphatic carboxylic acids is 1. The molecule has 0 spiro atoms. The first kappa shape index (κ1) is 25.7. The number of aliphatic hydroxyl groups is 1. The second-order valence-electron chi connectivity index (χ2n) is 7.78. The van der Waals surface area contributed by atoms with Crippen LogP contribution in [0.3, 0.4) is 0 Å². The van der Waals surface area contributed by atoms with E-state index in [1.165, 1.54) is 25.1 Å². The number of benzene rings is 1. The summed E-state index contributed by atoms with van der Waals surface area (Å²) in [4.78, 5) is 46.2. The largest absolute Gasteiger partial charge is 0.481 e.